The van der Waals surface area contributed by atoms with Gasteiger partial charge in [-0.1, -0.05) is 40.1 Å². The monoisotopic (exact) mass is 440 g/mol. The molecule has 0 radical (unpaired) electrons. The number of pyridine rings is 2. The lowest BCUT2D eigenvalue weighted by molar-refractivity contribution is 0.0771. The summed E-state index contributed by atoms with van der Waals surface area (Å²) in [5.41, 5.74) is 4.75. The molecule has 4 heterocycles. The Labute approximate surface area is 189 Å². The Morgan fingerprint density at radius 1 is 1.00 bits per heavy atom. The van der Waals surface area contributed by atoms with Crippen molar-refractivity contribution in [3.63, 3.8) is 0 Å². The molecular formula is C24H20N6O3. The number of aromatic nitrogens is 5. The fraction of sp³-hybridized carbons (Fsp3) is 0.167. The lowest BCUT2D eigenvalue weighted by atomic mass is 10.0. The lowest BCUT2D eigenvalue weighted by Gasteiger charge is -2.16. The molecule has 0 saturated heterocycles. The second-order valence-electron chi connectivity index (χ2n) is 7.78. The molecule has 1 amide bonds. The highest BCUT2D eigenvalue weighted by atomic mass is 16.5. The van der Waals surface area contributed by atoms with Crippen LogP contribution in [-0.2, 0) is 6.54 Å². The zero-order chi connectivity index (χ0) is 22.9. The maximum absolute atomic E-state index is 13.5. The molecular weight excluding hydrogens is 420 g/mol. The fourth-order valence-electron chi connectivity index (χ4n) is 3.55. The summed E-state index contributed by atoms with van der Waals surface area (Å²) in [7, 11) is 1.68. The standard InChI is InChI=1S/C24H20N6O3/c1-14-6-8-16(9-7-14)19-11-18(21-15(2)28-33-23(21)26-19)24(31)30(3)13-20-27-22(29-32-20)17-5-4-10-25-12-17/h4-12H,13H2,1-3H3. The Morgan fingerprint density at radius 2 is 1.82 bits per heavy atom. The molecule has 164 valence electrons. The van der Waals surface area contributed by atoms with Gasteiger partial charge in [-0.2, -0.15) is 4.98 Å². The quantitative estimate of drug-likeness (QED) is 0.399. The van der Waals surface area contributed by atoms with Gasteiger partial charge in [-0.15, -0.1) is 0 Å². The molecule has 0 N–H and O–H groups in total. The highest BCUT2D eigenvalue weighted by Crippen LogP contribution is 2.28. The average Bonchev–Trinajstić information content (AvgIpc) is 3.46. The van der Waals surface area contributed by atoms with Gasteiger partial charge < -0.3 is 13.9 Å². The van der Waals surface area contributed by atoms with Gasteiger partial charge in [0.25, 0.3) is 11.6 Å². The van der Waals surface area contributed by atoms with Gasteiger partial charge in [0.15, 0.2) is 0 Å². The van der Waals surface area contributed by atoms with Crippen LogP contribution in [-0.4, -0.2) is 43.1 Å². The number of rotatable bonds is 5. The van der Waals surface area contributed by atoms with Crippen molar-refractivity contribution in [1.29, 1.82) is 0 Å². The van der Waals surface area contributed by atoms with Crippen LogP contribution in [0.3, 0.4) is 0 Å². The summed E-state index contributed by atoms with van der Waals surface area (Å²) in [6.45, 7) is 3.94. The second-order valence-corrected chi connectivity index (χ2v) is 7.78. The van der Waals surface area contributed by atoms with Crippen LogP contribution in [0.15, 0.2) is 63.9 Å². The molecule has 0 atom stereocenters. The van der Waals surface area contributed by atoms with Crippen LogP contribution in [0.5, 0.6) is 0 Å². The zero-order valence-electron chi connectivity index (χ0n) is 18.3. The maximum atomic E-state index is 13.5. The molecule has 0 unspecified atom stereocenters. The molecule has 5 rings (SSSR count). The first-order valence-corrected chi connectivity index (χ1v) is 10.3. The van der Waals surface area contributed by atoms with E-state index in [1.165, 1.54) is 4.90 Å². The average molecular weight is 440 g/mol. The first-order valence-electron chi connectivity index (χ1n) is 10.3. The molecule has 0 aliphatic heterocycles. The van der Waals surface area contributed by atoms with Crippen LogP contribution < -0.4 is 0 Å². The van der Waals surface area contributed by atoms with Gasteiger partial charge in [0, 0.05) is 30.6 Å². The first-order chi connectivity index (χ1) is 16.0. The Kier molecular flexibility index (Phi) is 5.14. The number of nitrogens with zero attached hydrogens (tertiary/aromatic N) is 6. The van der Waals surface area contributed by atoms with Gasteiger partial charge in [-0.25, -0.2) is 4.98 Å². The van der Waals surface area contributed by atoms with Crippen LogP contribution in [0.2, 0.25) is 0 Å². The molecule has 0 bridgehead atoms. The van der Waals surface area contributed by atoms with E-state index in [1.807, 2.05) is 37.3 Å². The number of carbonyl (C=O) groups excluding carboxylic acids is 1. The van der Waals surface area contributed by atoms with E-state index in [-0.39, 0.29) is 12.5 Å². The number of hydrogen-bond acceptors (Lipinski definition) is 8. The minimum atomic E-state index is -0.233. The molecule has 1 aromatic carbocycles. The van der Waals surface area contributed by atoms with Crippen molar-refractivity contribution in [2.45, 2.75) is 20.4 Å². The van der Waals surface area contributed by atoms with Gasteiger partial charge in [0.05, 0.1) is 28.9 Å². The summed E-state index contributed by atoms with van der Waals surface area (Å²) in [6, 6.07) is 13.3. The van der Waals surface area contributed by atoms with Crippen molar-refractivity contribution < 1.29 is 13.8 Å². The van der Waals surface area contributed by atoms with Gasteiger partial charge >= 0.3 is 0 Å². The highest BCUT2D eigenvalue weighted by Gasteiger charge is 2.23. The number of benzene rings is 1. The van der Waals surface area contributed by atoms with E-state index in [2.05, 4.69) is 25.3 Å². The Hall–Kier alpha value is -4.40. The van der Waals surface area contributed by atoms with Crippen LogP contribution >= 0.6 is 0 Å². The summed E-state index contributed by atoms with van der Waals surface area (Å²) in [4.78, 5) is 28.0. The summed E-state index contributed by atoms with van der Waals surface area (Å²) in [6.07, 6.45) is 3.32. The second kappa shape index (κ2) is 8.27. The molecule has 5 aromatic rings. The summed E-state index contributed by atoms with van der Waals surface area (Å²) >= 11 is 0. The first kappa shape index (κ1) is 20.5. The number of fused-ring (bicyclic) bond motifs is 1. The summed E-state index contributed by atoms with van der Waals surface area (Å²) in [5, 5.41) is 8.59. The van der Waals surface area contributed by atoms with E-state index >= 15 is 0 Å². The smallest absolute Gasteiger partial charge is 0.259 e. The van der Waals surface area contributed by atoms with Crippen molar-refractivity contribution >= 4 is 17.0 Å². The lowest BCUT2D eigenvalue weighted by Crippen LogP contribution is -2.26. The van der Waals surface area contributed by atoms with Crippen molar-refractivity contribution in [1.82, 2.24) is 30.2 Å². The van der Waals surface area contributed by atoms with Crippen LogP contribution in [0.1, 0.15) is 27.5 Å². The summed E-state index contributed by atoms with van der Waals surface area (Å²) < 4.78 is 10.7. The van der Waals surface area contributed by atoms with Gasteiger partial charge in [-0.3, -0.25) is 9.78 Å². The van der Waals surface area contributed by atoms with Crippen molar-refractivity contribution in [2.75, 3.05) is 7.05 Å². The number of aryl methyl sites for hydroxylation is 2. The molecule has 9 heteroatoms. The zero-order valence-corrected chi connectivity index (χ0v) is 18.3. The van der Waals surface area contributed by atoms with E-state index in [1.54, 1.807) is 38.5 Å². The van der Waals surface area contributed by atoms with Crippen LogP contribution in [0, 0.1) is 13.8 Å². The SMILES string of the molecule is Cc1ccc(-c2cc(C(=O)N(C)Cc3nc(-c4cccnc4)no3)c3c(C)noc3n2)cc1. The molecule has 0 aliphatic rings. The van der Waals surface area contributed by atoms with Crippen molar-refractivity contribution in [3.05, 3.63) is 77.6 Å². The van der Waals surface area contributed by atoms with E-state index in [0.717, 1.165) is 16.7 Å². The highest BCUT2D eigenvalue weighted by molar-refractivity contribution is 6.06. The van der Waals surface area contributed by atoms with Crippen LogP contribution in [0.4, 0.5) is 0 Å². The third-order valence-electron chi connectivity index (χ3n) is 5.30. The Balaban J connectivity index is 1.46. The largest absolute Gasteiger partial charge is 0.337 e. The van der Waals surface area contributed by atoms with Gasteiger partial charge in [-0.05, 0) is 32.0 Å². The molecule has 0 aliphatic carbocycles. The topological polar surface area (TPSA) is 111 Å². The molecule has 0 saturated carbocycles. The molecule has 0 spiro atoms. The molecule has 33 heavy (non-hydrogen) atoms. The minimum absolute atomic E-state index is 0.139. The maximum Gasteiger partial charge on any atom is 0.259 e. The third kappa shape index (κ3) is 3.96. The van der Waals surface area contributed by atoms with Gasteiger partial charge in [0.2, 0.25) is 11.7 Å². The van der Waals surface area contributed by atoms with E-state index in [9.17, 15) is 4.79 Å². The van der Waals surface area contributed by atoms with Crippen molar-refractivity contribution in [2.24, 2.45) is 0 Å². The van der Waals surface area contributed by atoms with E-state index in [0.29, 0.717) is 39.8 Å². The fourth-order valence-corrected chi connectivity index (χ4v) is 3.55. The third-order valence-corrected chi connectivity index (χ3v) is 5.30. The number of hydrogen-bond donors (Lipinski definition) is 0. The molecule has 9 nitrogen and oxygen atoms in total. The molecule has 4 aromatic heterocycles. The van der Waals surface area contributed by atoms with Crippen molar-refractivity contribution in [3.8, 4) is 22.6 Å². The number of amides is 1. The number of carbonyl (C=O) groups is 1. The minimum Gasteiger partial charge on any atom is -0.337 e. The van der Waals surface area contributed by atoms with E-state index in [4.69, 9.17) is 9.05 Å². The van der Waals surface area contributed by atoms with Gasteiger partial charge in [0.1, 0.15) is 0 Å². The Morgan fingerprint density at radius 3 is 2.58 bits per heavy atom. The Bertz CT molecular complexity index is 1440. The predicted octanol–water partition coefficient (Wildman–Crippen LogP) is 4.22. The normalized spacial score (nSPS) is 11.1. The summed E-state index contributed by atoms with van der Waals surface area (Å²) in [5.74, 6) is 0.501. The van der Waals surface area contributed by atoms with E-state index < -0.39 is 0 Å². The molecule has 0 fully saturated rings. The predicted molar refractivity (Wildman–Crippen MR) is 120 cm³/mol. The van der Waals surface area contributed by atoms with Crippen LogP contribution in [0.25, 0.3) is 33.7 Å².